The monoisotopic (exact) mass is 843 g/mol. The number of nitrogens with zero attached hydrogens (tertiary/aromatic N) is 7. The van der Waals surface area contributed by atoms with Crippen molar-refractivity contribution in [3.63, 3.8) is 0 Å². The van der Waals surface area contributed by atoms with Gasteiger partial charge in [-0.1, -0.05) is 18.2 Å². The number of ether oxygens (including phenoxy) is 2. The number of aliphatic imine (C=N–C) groups is 1. The fraction of sp³-hybridized carbons (Fsp3) is 0.295. The molecule has 18 nitrogen and oxygen atoms in total. The first kappa shape index (κ1) is 42.5. The van der Waals surface area contributed by atoms with Crippen molar-refractivity contribution in [3.8, 4) is 11.5 Å². The average Bonchev–Trinajstić information content (AvgIpc) is 4.06. The molecule has 5 heterocycles. The van der Waals surface area contributed by atoms with E-state index >= 15 is 0 Å². The molecule has 3 aromatic heterocycles. The summed E-state index contributed by atoms with van der Waals surface area (Å²) in [6, 6.07) is 12.0. The summed E-state index contributed by atoms with van der Waals surface area (Å²) in [6.45, 7) is 11.2. The number of methoxy groups -OCH3 is 1. The number of fused-ring (bicyclic) bond motifs is 1. The number of hydrogen-bond donors (Lipinski definition) is 4. The molecule has 7 rings (SSSR count). The molecule has 0 radical (unpaired) electrons. The van der Waals surface area contributed by atoms with Crippen molar-refractivity contribution in [1.29, 1.82) is 0 Å². The van der Waals surface area contributed by atoms with Gasteiger partial charge in [0, 0.05) is 83.6 Å². The summed E-state index contributed by atoms with van der Waals surface area (Å²) in [6.07, 6.45) is 5.92. The molecule has 18 heteroatoms. The van der Waals surface area contributed by atoms with Gasteiger partial charge in [0.25, 0.3) is 23.6 Å². The van der Waals surface area contributed by atoms with Crippen molar-refractivity contribution in [1.82, 2.24) is 28.5 Å². The molecule has 2 aromatic carbocycles. The SMILES string of the molecule is C=Nc1cc(OCCCC(=O)Nc2cn(C)c(C(=O)Nc3cc(C(=O)Nc4cc(C(=O)N5Cc6ccc(N)cc6C5)n(C)c4)n(C)c3)n2)c(OC)cc1C(=O)N1CC(=C)C[C@H]1C. The Kier molecular flexibility index (Phi) is 12.0. The molecule has 0 spiro atoms. The average molecular weight is 844 g/mol. The minimum absolute atomic E-state index is 0.0137. The third kappa shape index (κ3) is 8.93. The predicted molar refractivity (Wildman–Crippen MR) is 234 cm³/mol. The molecular weight excluding hydrogens is 795 g/mol. The Hall–Kier alpha value is -7.63. The van der Waals surface area contributed by atoms with Crippen molar-refractivity contribution >= 4 is 64.8 Å². The lowest BCUT2D eigenvalue weighted by Crippen LogP contribution is -2.33. The maximum absolute atomic E-state index is 13.4. The number of nitrogens with two attached hydrogens (primary N) is 1. The summed E-state index contributed by atoms with van der Waals surface area (Å²) < 4.78 is 16.2. The van der Waals surface area contributed by atoms with E-state index < -0.39 is 11.8 Å². The van der Waals surface area contributed by atoms with Crippen LogP contribution in [0.1, 0.15) is 79.3 Å². The van der Waals surface area contributed by atoms with Crippen LogP contribution >= 0.6 is 0 Å². The number of hydrogen-bond acceptors (Lipinski definition) is 10. The Morgan fingerprint density at radius 3 is 2.23 bits per heavy atom. The number of likely N-dealkylation sites (tertiary alicyclic amines) is 1. The van der Waals surface area contributed by atoms with Gasteiger partial charge < -0.3 is 54.7 Å². The van der Waals surface area contributed by atoms with Crippen molar-refractivity contribution in [2.75, 3.05) is 41.9 Å². The first-order valence-corrected chi connectivity index (χ1v) is 19.9. The van der Waals surface area contributed by atoms with Crippen LogP contribution in [0.2, 0.25) is 0 Å². The topological polar surface area (TPSA) is 212 Å². The first-order valence-electron chi connectivity index (χ1n) is 19.9. The smallest absolute Gasteiger partial charge is 0.291 e. The molecule has 5 aromatic rings. The highest BCUT2D eigenvalue weighted by molar-refractivity contribution is 6.07. The van der Waals surface area contributed by atoms with Crippen LogP contribution in [-0.4, -0.2) is 91.0 Å². The summed E-state index contributed by atoms with van der Waals surface area (Å²) in [4.78, 5) is 78.1. The Labute approximate surface area is 358 Å². The van der Waals surface area contributed by atoms with Crippen molar-refractivity contribution < 1.29 is 33.4 Å². The van der Waals surface area contributed by atoms with Gasteiger partial charge in [0.1, 0.15) is 11.4 Å². The van der Waals surface area contributed by atoms with Gasteiger partial charge in [-0.2, -0.15) is 0 Å². The zero-order valence-corrected chi connectivity index (χ0v) is 35.3. The van der Waals surface area contributed by atoms with E-state index in [0.29, 0.717) is 71.6 Å². The van der Waals surface area contributed by atoms with Crippen molar-refractivity contribution in [2.24, 2.45) is 26.1 Å². The zero-order valence-electron chi connectivity index (χ0n) is 35.3. The van der Waals surface area contributed by atoms with Gasteiger partial charge in [-0.15, -0.1) is 0 Å². The number of imidazole rings is 1. The van der Waals surface area contributed by atoms with E-state index in [-0.39, 0.29) is 54.1 Å². The number of aromatic nitrogens is 4. The largest absolute Gasteiger partial charge is 0.493 e. The maximum Gasteiger partial charge on any atom is 0.291 e. The van der Waals surface area contributed by atoms with E-state index in [1.54, 1.807) is 70.7 Å². The van der Waals surface area contributed by atoms with E-state index in [2.05, 4.69) is 39.2 Å². The number of rotatable bonds is 14. The number of aryl methyl sites for hydroxylation is 3. The lowest BCUT2D eigenvalue weighted by Gasteiger charge is -2.22. The highest BCUT2D eigenvalue weighted by atomic mass is 16.5. The molecule has 322 valence electrons. The molecule has 2 aliphatic rings. The Balaban J connectivity index is 0.896. The summed E-state index contributed by atoms with van der Waals surface area (Å²) >= 11 is 0. The summed E-state index contributed by atoms with van der Waals surface area (Å²) in [5, 5.41) is 8.31. The molecule has 0 saturated carbocycles. The third-order valence-corrected chi connectivity index (χ3v) is 10.8. The van der Waals surface area contributed by atoms with E-state index in [4.69, 9.17) is 15.2 Å². The number of amides is 5. The molecule has 2 aliphatic heterocycles. The molecule has 0 aliphatic carbocycles. The first-order chi connectivity index (χ1) is 29.6. The zero-order chi connectivity index (χ0) is 44.4. The number of carbonyl (C=O) groups is 5. The van der Waals surface area contributed by atoms with Crippen LogP contribution in [-0.2, 0) is 39.0 Å². The lowest BCUT2D eigenvalue weighted by molar-refractivity contribution is -0.116. The number of anilines is 4. The van der Waals surface area contributed by atoms with Gasteiger partial charge in [0.15, 0.2) is 17.3 Å². The normalized spacial score (nSPS) is 14.4. The van der Waals surface area contributed by atoms with Crippen LogP contribution in [0.15, 0.2) is 78.2 Å². The van der Waals surface area contributed by atoms with E-state index in [1.165, 1.54) is 23.9 Å². The minimum atomic E-state index is -0.563. The van der Waals surface area contributed by atoms with Crippen LogP contribution in [0.3, 0.4) is 0 Å². The van der Waals surface area contributed by atoms with Crippen molar-refractivity contribution in [2.45, 2.75) is 45.3 Å². The van der Waals surface area contributed by atoms with Gasteiger partial charge in [-0.3, -0.25) is 29.0 Å². The molecule has 1 saturated heterocycles. The summed E-state index contributed by atoms with van der Waals surface area (Å²) in [5.74, 6) is -0.832. The van der Waals surface area contributed by atoms with E-state index in [0.717, 1.165) is 23.1 Å². The quantitative estimate of drug-likeness (QED) is 0.0496. The van der Waals surface area contributed by atoms with Gasteiger partial charge in [-0.25, -0.2) is 4.98 Å². The Bertz CT molecular complexity index is 2640. The molecule has 62 heavy (non-hydrogen) atoms. The minimum Gasteiger partial charge on any atom is -0.493 e. The summed E-state index contributed by atoms with van der Waals surface area (Å²) in [5.41, 5.74) is 11.8. The lowest BCUT2D eigenvalue weighted by atomic mass is 10.1. The Morgan fingerprint density at radius 2 is 1.53 bits per heavy atom. The molecular formula is C44H49N11O7. The second-order valence-electron chi connectivity index (χ2n) is 15.5. The number of nitrogens with one attached hydrogen (secondary N) is 3. The molecule has 0 unspecified atom stereocenters. The highest BCUT2D eigenvalue weighted by Gasteiger charge is 2.31. The maximum atomic E-state index is 13.4. The van der Waals surface area contributed by atoms with Crippen LogP contribution in [0.4, 0.5) is 28.6 Å². The molecule has 5 amide bonds. The number of benzene rings is 2. The van der Waals surface area contributed by atoms with Crippen LogP contribution < -0.4 is 31.2 Å². The van der Waals surface area contributed by atoms with Gasteiger partial charge in [0.2, 0.25) is 11.7 Å². The molecule has 1 fully saturated rings. The van der Waals surface area contributed by atoms with Crippen LogP contribution in [0.25, 0.3) is 0 Å². The molecule has 0 bridgehead atoms. The standard InChI is InChI=1S/C44H49N11O7/c1-25-13-26(2)55(19-25)43(59)32-17-36(61-7)37(18-33(32)46-3)62-12-8-9-39(56)49-38-24-53(6)40(50-38)42(58)48-30-15-34(51(4)22-30)41(57)47-31-16-35(52(5)23-31)44(60)54-20-27-10-11-29(45)14-28(27)21-54/h10-11,14-18,22-24,26H,1,3,8-9,12-13,19-21,45H2,2,4-7H3,(H,47,57)(H,48,58)(H,49,56)/t26-/m1/s1. The van der Waals surface area contributed by atoms with Gasteiger partial charge in [0.05, 0.1) is 36.3 Å². The number of nitrogen functional groups attached to an aromatic ring is 1. The second kappa shape index (κ2) is 17.5. The number of carbonyl (C=O) groups excluding carboxylic acids is 5. The highest BCUT2D eigenvalue weighted by Crippen LogP contribution is 2.37. The third-order valence-electron chi connectivity index (χ3n) is 10.8. The molecule has 5 N–H and O–H groups in total. The predicted octanol–water partition coefficient (Wildman–Crippen LogP) is 5.27. The fourth-order valence-electron chi connectivity index (χ4n) is 7.70. The van der Waals surface area contributed by atoms with E-state index in [1.807, 2.05) is 25.1 Å². The molecule has 1 atom stereocenters. The van der Waals surface area contributed by atoms with Crippen LogP contribution in [0.5, 0.6) is 11.5 Å². The van der Waals surface area contributed by atoms with Crippen molar-refractivity contribution in [3.05, 3.63) is 107 Å². The fourth-order valence-corrected chi connectivity index (χ4v) is 7.70. The van der Waals surface area contributed by atoms with Gasteiger partial charge >= 0.3 is 0 Å². The Morgan fingerprint density at radius 1 is 0.839 bits per heavy atom. The summed E-state index contributed by atoms with van der Waals surface area (Å²) in [7, 11) is 6.50. The van der Waals surface area contributed by atoms with E-state index in [9.17, 15) is 24.0 Å². The van der Waals surface area contributed by atoms with Gasteiger partial charge in [-0.05, 0) is 67.9 Å². The van der Waals surface area contributed by atoms with Crippen LogP contribution in [0, 0.1) is 0 Å². The second-order valence-corrected chi connectivity index (χ2v) is 15.5.